The first kappa shape index (κ1) is 15.9. The Morgan fingerprint density at radius 1 is 1.25 bits per heavy atom. The number of hydrogen-bond donors (Lipinski definition) is 1. The summed E-state index contributed by atoms with van der Waals surface area (Å²) in [5, 5.41) is 0.768. The molecule has 0 radical (unpaired) electrons. The van der Waals surface area contributed by atoms with E-state index in [-0.39, 0.29) is 0 Å². The number of aryl methyl sites for hydroxylation is 3. The summed E-state index contributed by atoms with van der Waals surface area (Å²) in [6.45, 7) is 12.0. The molecule has 1 saturated heterocycles. The fraction of sp³-hybridized carbons (Fsp3) is 0.647. The van der Waals surface area contributed by atoms with Crippen molar-refractivity contribution in [1.82, 2.24) is 4.90 Å². The minimum absolute atomic E-state index is 0.379. The van der Waals surface area contributed by atoms with E-state index >= 15 is 0 Å². The van der Waals surface area contributed by atoms with E-state index in [2.05, 4.69) is 56.5 Å². The van der Waals surface area contributed by atoms with Gasteiger partial charge in [-0.25, -0.2) is 0 Å². The van der Waals surface area contributed by atoms with E-state index in [0.29, 0.717) is 12.6 Å². The van der Waals surface area contributed by atoms with Crippen molar-refractivity contribution in [3.8, 4) is 0 Å². The second-order valence-electron chi connectivity index (χ2n) is 5.94. The van der Waals surface area contributed by atoms with Crippen LogP contribution in [0.25, 0.3) is 0 Å². The van der Waals surface area contributed by atoms with Crippen LogP contribution < -0.4 is 5.73 Å². The largest absolute Gasteiger partial charge is 0.329 e. The second kappa shape index (κ2) is 6.97. The molecule has 1 heterocycles. The van der Waals surface area contributed by atoms with Crippen molar-refractivity contribution in [2.24, 2.45) is 5.73 Å². The third kappa shape index (κ3) is 3.38. The lowest BCUT2D eigenvalue weighted by Crippen LogP contribution is -2.43. The molecular weight excluding hydrogens is 264 g/mol. The fourth-order valence-electron chi connectivity index (χ4n) is 3.09. The lowest BCUT2D eigenvalue weighted by molar-refractivity contribution is 0.207. The molecule has 1 aromatic rings. The Balaban J connectivity index is 2.25. The van der Waals surface area contributed by atoms with Crippen LogP contribution >= 0.6 is 11.8 Å². The molecule has 0 amide bonds. The van der Waals surface area contributed by atoms with E-state index in [1.165, 1.54) is 41.0 Å². The maximum absolute atomic E-state index is 6.13. The highest BCUT2D eigenvalue weighted by atomic mass is 32.2. The van der Waals surface area contributed by atoms with Crippen LogP contribution in [0.2, 0.25) is 0 Å². The van der Waals surface area contributed by atoms with E-state index in [1.807, 2.05) is 0 Å². The van der Waals surface area contributed by atoms with Gasteiger partial charge in [0.05, 0.1) is 0 Å². The van der Waals surface area contributed by atoms with E-state index in [9.17, 15) is 0 Å². The quantitative estimate of drug-likeness (QED) is 0.922. The summed E-state index contributed by atoms with van der Waals surface area (Å²) < 4.78 is 0. The van der Waals surface area contributed by atoms with Crippen LogP contribution in [0, 0.1) is 20.8 Å². The normalized spacial score (nSPS) is 21.9. The molecule has 0 aromatic heterocycles. The van der Waals surface area contributed by atoms with Crippen molar-refractivity contribution in [2.45, 2.75) is 45.4 Å². The molecular formula is C17H28N2S. The summed E-state index contributed by atoms with van der Waals surface area (Å²) in [5.74, 6) is 1.24. The minimum Gasteiger partial charge on any atom is -0.329 e. The molecule has 1 aliphatic rings. The van der Waals surface area contributed by atoms with E-state index in [1.54, 1.807) is 0 Å². The number of benzene rings is 1. The zero-order chi connectivity index (χ0) is 14.7. The lowest BCUT2D eigenvalue weighted by Gasteiger charge is -2.38. The summed E-state index contributed by atoms with van der Waals surface area (Å²) in [7, 11) is 0. The molecule has 2 atom stereocenters. The van der Waals surface area contributed by atoms with Gasteiger partial charge in [0, 0.05) is 36.7 Å². The van der Waals surface area contributed by atoms with Crippen LogP contribution in [0.15, 0.2) is 12.1 Å². The van der Waals surface area contributed by atoms with Crippen molar-refractivity contribution >= 4 is 11.8 Å². The average molecular weight is 292 g/mol. The standard InChI is InChI=1S/C17H28N2S/c1-5-15-11-19(6-7-20-15)17(10-18)16-9-13(3)12(2)8-14(16)4/h8-9,15,17H,5-7,10-11,18H2,1-4H3. The highest BCUT2D eigenvalue weighted by Crippen LogP contribution is 2.30. The van der Waals surface area contributed by atoms with Gasteiger partial charge in [0.1, 0.15) is 0 Å². The average Bonchev–Trinajstić information content (AvgIpc) is 2.45. The van der Waals surface area contributed by atoms with Gasteiger partial charge in [0.25, 0.3) is 0 Å². The maximum Gasteiger partial charge on any atom is 0.0473 e. The predicted molar refractivity (Wildman–Crippen MR) is 90.6 cm³/mol. The van der Waals surface area contributed by atoms with Crippen LogP contribution in [0.5, 0.6) is 0 Å². The van der Waals surface area contributed by atoms with Crippen LogP contribution in [0.1, 0.15) is 41.6 Å². The number of nitrogens with zero attached hydrogens (tertiary/aromatic N) is 1. The first-order valence-electron chi connectivity index (χ1n) is 7.70. The Kier molecular flexibility index (Phi) is 5.53. The molecule has 0 saturated carbocycles. The van der Waals surface area contributed by atoms with Gasteiger partial charge in [-0.15, -0.1) is 0 Å². The highest BCUT2D eigenvalue weighted by molar-refractivity contribution is 8.00. The van der Waals surface area contributed by atoms with Crippen LogP contribution in [-0.4, -0.2) is 35.5 Å². The van der Waals surface area contributed by atoms with Crippen molar-refractivity contribution < 1.29 is 0 Å². The molecule has 1 aliphatic heterocycles. The maximum atomic E-state index is 6.13. The van der Waals surface area contributed by atoms with Crippen molar-refractivity contribution in [1.29, 1.82) is 0 Å². The molecule has 2 rings (SSSR count). The molecule has 1 fully saturated rings. The summed E-state index contributed by atoms with van der Waals surface area (Å²) in [5.41, 5.74) is 11.7. The third-order valence-electron chi connectivity index (χ3n) is 4.53. The lowest BCUT2D eigenvalue weighted by atomic mass is 9.94. The number of hydrogen-bond acceptors (Lipinski definition) is 3. The summed E-state index contributed by atoms with van der Waals surface area (Å²) in [6.07, 6.45) is 1.25. The van der Waals surface area contributed by atoms with Crippen molar-refractivity contribution in [3.05, 3.63) is 34.4 Å². The van der Waals surface area contributed by atoms with E-state index < -0.39 is 0 Å². The first-order valence-corrected chi connectivity index (χ1v) is 8.75. The van der Waals surface area contributed by atoms with Crippen LogP contribution in [0.4, 0.5) is 0 Å². The van der Waals surface area contributed by atoms with Gasteiger partial charge < -0.3 is 5.73 Å². The Labute approximate surface area is 128 Å². The van der Waals surface area contributed by atoms with E-state index in [4.69, 9.17) is 5.73 Å². The summed E-state index contributed by atoms with van der Waals surface area (Å²) in [4.78, 5) is 2.60. The van der Waals surface area contributed by atoms with Gasteiger partial charge in [0.15, 0.2) is 0 Å². The third-order valence-corrected chi connectivity index (χ3v) is 5.90. The number of rotatable bonds is 4. The number of nitrogens with two attached hydrogens (primary N) is 1. The molecule has 0 aliphatic carbocycles. The Bertz CT molecular complexity index is 459. The molecule has 1 aromatic carbocycles. The Morgan fingerprint density at radius 2 is 1.95 bits per heavy atom. The SMILES string of the molecule is CCC1CN(C(CN)c2cc(C)c(C)cc2C)CCS1. The minimum atomic E-state index is 0.379. The molecule has 0 bridgehead atoms. The Morgan fingerprint density at radius 3 is 2.60 bits per heavy atom. The van der Waals surface area contributed by atoms with Gasteiger partial charge >= 0.3 is 0 Å². The molecule has 0 spiro atoms. The monoisotopic (exact) mass is 292 g/mol. The van der Waals surface area contributed by atoms with Gasteiger partial charge in [-0.1, -0.05) is 19.1 Å². The fourth-order valence-corrected chi connectivity index (χ4v) is 4.29. The zero-order valence-corrected chi connectivity index (χ0v) is 14.1. The number of thioether (sulfide) groups is 1. The summed E-state index contributed by atoms with van der Waals surface area (Å²) >= 11 is 2.12. The Hall–Kier alpha value is -0.510. The molecule has 112 valence electrons. The molecule has 20 heavy (non-hydrogen) atoms. The van der Waals surface area contributed by atoms with Crippen molar-refractivity contribution in [2.75, 3.05) is 25.4 Å². The molecule has 2 N–H and O–H groups in total. The van der Waals surface area contributed by atoms with Crippen molar-refractivity contribution in [3.63, 3.8) is 0 Å². The molecule has 3 heteroatoms. The predicted octanol–water partition coefficient (Wildman–Crippen LogP) is 3.44. The highest BCUT2D eigenvalue weighted by Gasteiger charge is 2.26. The topological polar surface area (TPSA) is 29.3 Å². The van der Waals surface area contributed by atoms with Gasteiger partial charge in [0.2, 0.25) is 0 Å². The smallest absolute Gasteiger partial charge is 0.0473 e. The molecule has 2 unspecified atom stereocenters. The van der Waals surface area contributed by atoms with Gasteiger partial charge in [-0.2, -0.15) is 11.8 Å². The first-order chi connectivity index (χ1) is 9.56. The second-order valence-corrected chi connectivity index (χ2v) is 7.35. The van der Waals surface area contributed by atoms with E-state index in [0.717, 1.165) is 11.8 Å². The summed E-state index contributed by atoms with van der Waals surface area (Å²) in [6, 6.07) is 5.04. The van der Waals surface area contributed by atoms with Gasteiger partial charge in [-0.3, -0.25) is 4.90 Å². The molecule has 2 nitrogen and oxygen atoms in total. The zero-order valence-electron chi connectivity index (χ0n) is 13.3. The van der Waals surface area contributed by atoms with Gasteiger partial charge in [-0.05, 0) is 49.4 Å². The van der Waals surface area contributed by atoms with Crippen LogP contribution in [0.3, 0.4) is 0 Å². The van der Waals surface area contributed by atoms with Crippen LogP contribution in [-0.2, 0) is 0 Å².